The van der Waals surface area contributed by atoms with Crippen molar-refractivity contribution < 1.29 is 9.53 Å². The Bertz CT molecular complexity index is 196. The van der Waals surface area contributed by atoms with Gasteiger partial charge in [0.1, 0.15) is 6.61 Å². The summed E-state index contributed by atoms with van der Waals surface area (Å²) in [4.78, 5) is 13.8. The first kappa shape index (κ1) is 15.7. The molecule has 0 aliphatic carbocycles. The minimum Gasteiger partial charge on any atom is -0.375 e. The maximum absolute atomic E-state index is 11.8. The van der Waals surface area contributed by atoms with Gasteiger partial charge in [-0.3, -0.25) is 4.79 Å². The van der Waals surface area contributed by atoms with Crippen LogP contribution >= 0.6 is 12.4 Å². The maximum Gasteiger partial charge on any atom is 0.248 e. The van der Waals surface area contributed by atoms with Gasteiger partial charge < -0.3 is 15.0 Å². The predicted octanol–water partition coefficient (Wildman–Crippen LogP) is 1.05. The number of methoxy groups -OCH3 is 1. The number of ether oxygens (including phenoxy) is 1. The van der Waals surface area contributed by atoms with E-state index in [1.807, 2.05) is 4.90 Å². The largest absolute Gasteiger partial charge is 0.375 e. The highest BCUT2D eigenvalue weighted by Gasteiger charge is 2.23. The Hall–Kier alpha value is -0.320. The van der Waals surface area contributed by atoms with Crippen molar-refractivity contribution in [2.45, 2.75) is 32.2 Å². The molecule has 4 nitrogen and oxygen atoms in total. The molecular weight excluding hydrogens is 228 g/mol. The third-order valence-corrected chi connectivity index (χ3v) is 2.80. The summed E-state index contributed by atoms with van der Waals surface area (Å²) in [5, 5.41) is 3.31. The van der Waals surface area contributed by atoms with Crippen molar-refractivity contribution >= 4 is 18.3 Å². The van der Waals surface area contributed by atoms with E-state index >= 15 is 0 Å². The van der Waals surface area contributed by atoms with Crippen LogP contribution in [0.15, 0.2) is 0 Å². The molecule has 1 amide bonds. The highest BCUT2D eigenvalue weighted by atomic mass is 35.5. The quantitative estimate of drug-likeness (QED) is 0.793. The van der Waals surface area contributed by atoms with E-state index in [2.05, 4.69) is 12.2 Å². The van der Waals surface area contributed by atoms with Crippen LogP contribution in [0.5, 0.6) is 0 Å². The lowest BCUT2D eigenvalue weighted by atomic mass is 10.0. The van der Waals surface area contributed by atoms with E-state index in [4.69, 9.17) is 4.74 Å². The van der Waals surface area contributed by atoms with Crippen LogP contribution in [0, 0.1) is 0 Å². The van der Waals surface area contributed by atoms with Crippen LogP contribution in [0.1, 0.15) is 26.2 Å². The number of hydrogen-bond donors (Lipinski definition) is 1. The van der Waals surface area contributed by atoms with Crippen LogP contribution < -0.4 is 5.32 Å². The lowest BCUT2D eigenvalue weighted by Crippen LogP contribution is -2.47. The van der Waals surface area contributed by atoms with Crippen LogP contribution in [-0.4, -0.2) is 50.2 Å². The van der Waals surface area contributed by atoms with Crippen molar-refractivity contribution in [3.05, 3.63) is 0 Å². The molecule has 1 aliphatic heterocycles. The van der Waals surface area contributed by atoms with Gasteiger partial charge in [-0.2, -0.15) is 0 Å². The average Bonchev–Trinajstić information content (AvgIpc) is 2.27. The van der Waals surface area contributed by atoms with Gasteiger partial charge in [-0.15, -0.1) is 12.4 Å². The van der Waals surface area contributed by atoms with Gasteiger partial charge >= 0.3 is 0 Å². The molecule has 0 aromatic rings. The highest BCUT2D eigenvalue weighted by Crippen LogP contribution is 2.12. The van der Waals surface area contributed by atoms with Crippen molar-refractivity contribution in [2.24, 2.45) is 0 Å². The number of nitrogens with one attached hydrogen (secondary N) is 1. The van der Waals surface area contributed by atoms with E-state index in [0.29, 0.717) is 6.04 Å². The Balaban J connectivity index is 0.00000225. The van der Waals surface area contributed by atoms with Crippen LogP contribution in [0.25, 0.3) is 0 Å². The normalized spacial score (nSPS) is 16.6. The highest BCUT2D eigenvalue weighted by molar-refractivity contribution is 5.85. The second-order valence-corrected chi connectivity index (χ2v) is 4.00. The number of rotatable bonds is 5. The van der Waals surface area contributed by atoms with Crippen molar-refractivity contribution in [2.75, 3.05) is 33.4 Å². The third-order valence-electron chi connectivity index (χ3n) is 2.80. The molecule has 0 unspecified atom stereocenters. The second-order valence-electron chi connectivity index (χ2n) is 4.00. The third kappa shape index (κ3) is 4.68. The number of hydrogen-bond acceptors (Lipinski definition) is 3. The molecule has 1 N–H and O–H groups in total. The average molecular weight is 251 g/mol. The zero-order chi connectivity index (χ0) is 11.1. The van der Waals surface area contributed by atoms with E-state index in [1.165, 1.54) is 0 Å². The summed E-state index contributed by atoms with van der Waals surface area (Å²) in [5.74, 6) is 0.131. The van der Waals surface area contributed by atoms with E-state index in [1.54, 1.807) is 7.11 Å². The predicted molar refractivity (Wildman–Crippen MR) is 67.0 cm³/mol. The molecule has 0 aromatic carbocycles. The van der Waals surface area contributed by atoms with Gasteiger partial charge in [0.15, 0.2) is 0 Å². The molecule has 1 saturated heterocycles. The molecule has 5 heteroatoms. The molecular formula is C11H23ClN2O2. The monoisotopic (exact) mass is 250 g/mol. The molecule has 1 rings (SSSR count). The van der Waals surface area contributed by atoms with Gasteiger partial charge in [0.05, 0.1) is 0 Å². The number of carbonyl (C=O) groups is 1. The minimum absolute atomic E-state index is 0. The number of amides is 1. The van der Waals surface area contributed by atoms with E-state index in [9.17, 15) is 4.79 Å². The zero-order valence-electron chi connectivity index (χ0n) is 10.2. The van der Waals surface area contributed by atoms with Gasteiger partial charge in [-0.25, -0.2) is 0 Å². The van der Waals surface area contributed by atoms with Crippen LogP contribution in [0.3, 0.4) is 0 Å². The Labute approximate surface area is 104 Å². The topological polar surface area (TPSA) is 41.6 Å². The fourth-order valence-electron chi connectivity index (χ4n) is 2.08. The van der Waals surface area contributed by atoms with Crippen molar-refractivity contribution in [1.29, 1.82) is 0 Å². The van der Waals surface area contributed by atoms with E-state index in [0.717, 1.165) is 38.9 Å². The molecule has 0 atom stereocenters. The standard InChI is InChI=1S/C11H22N2O2.ClH/c1-3-8-13(11(14)9-15-2)10-4-6-12-7-5-10;/h10,12H,3-9H2,1-2H3;1H. The zero-order valence-corrected chi connectivity index (χ0v) is 11.0. The van der Waals surface area contributed by atoms with E-state index < -0.39 is 0 Å². The summed E-state index contributed by atoms with van der Waals surface area (Å²) < 4.78 is 4.91. The van der Waals surface area contributed by atoms with Gasteiger partial charge in [0.2, 0.25) is 5.91 Å². The molecule has 16 heavy (non-hydrogen) atoms. The lowest BCUT2D eigenvalue weighted by molar-refractivity contribution is -0.138. The number of nitrogens with zero attached hydrogens (tertiary/aromatic N) is 1. The summed E-state index contributed by atoms with van der Waals surface area (Å²) >= 11 is 0. The molecule has 1 aliphatic rings. The van der Waals surface area contributed by atoms with Crippen LogP contribution in [0.2, 0.25) is 0 Å². The van der Waals surface area contributed by atoms with Crippen LogP contribution in [0.4, 0.5) is 0 Å². The fraction of sp³-hybridized carbons (Fsp3) is 0.909. The summed E-state index contributed by atoms with van der Waals surface area (Å²) in [6.07, 6.45) is 3.14. The molecule has 0 radical (unpaired) electrons. The summed E-state index contributed by atoms with van der Waals surface area (Å²) in [6.45, 7) is 5.21. The first-order valence-electron chi connectivity index (χ1n) is 5.78. The number of piperidine rings is 1. The molecule has 0 saturated carbocycles. The SMILES string of the molecule is CCCN(C(=O)COC)C1CCNCC1.Cl. The Morgan fingerprint density at radius 3 is 2.56 bits per heavy atom. The first-order chi connectivity index (χ1) is 7.29. The Morgan fingerprint density at radius 2 is 2.06 bits per heavy atom. The smallest absolute Gasteiger partial charge is 0.248 e. The van der Waals surface area contributed by atoms with Crippen molar-refractivity contribution in [1.82, 2.24) is 10.2 Å². The maximum atomic E-state index is 11.8. The Morgan fingerprint density at radius 1 is 1.44 bits per heavy atom. The summed E-state index contributed by atoms with van der Waals surface area (Å²) in [5.41, 5.74) is 0. The number of halogens is 1. The van der Waals surface area contributed by atoms with Crippen molar-refractivity contribution in [3.8, 4) is 0 Å². The van der Waals surface area contributed by atoms with Crippen molar-refractivity contribution in [3.63, 3.8) is 0 Å². The molecule has 1 fully saturated rings. The minimum atomic E-state index is 0. The second kappa shape index (κ2) is 8.79. The summed E-state index contributed by atoms with van der Waals surface area (Å²) in [6, 6.07) is 0.411. The number of carbonyl (C=O) groups excluding carboxylic acids is 1. The molecule has 0 bridgehead atoms. The lowest BCUT2D eigenvalue weighted by Gasteiger charge is -2.34. The van der Waals surface area contributed by atoms with Crippen LogP contribution in [-0.2, 0) is 9.53 Å². The first-order valence-corrected chi connectivity index (χ1v) is 5.78. The molecule has 0 spiro atoms. The van der Waals surface area contributed by atoms with Gasteiger partial charge in [0.25, 0.3) is 0 Å². The van der Waals surface area contributed by atoms with E-state index in [-0.39, 0.29) is 24.9 Å². The molecule has 96 valence electrons. The molecule has 1 heterocycles. The molecule has 0 aromatic heterocycles. The van der Waals surface area contributed by atoms with Gasteiger partial charge in [-0.1, -0.05) is 6.92 Å². The van der Waals surface area contributed by atoms with Gasteiger partial charge in [-0.05, 0) is 32.4 Å². The summed E-state index contributed by atoms with van der Waals surface area (Å²) in [7, 11) is 1.57. The Kier molecular flexibility index (Phi) is 8.61. The van der Waals surface area contributed by atoms with Gasteiger partial charge in [0, 0.05) is 19.7 Å². The fourth-order valence-corrected chi connectivity index (χ4v) is 2.08.